The summed E-state index contributed by atoms with van der Waals surface area (Å²) in [5.41, 5.74) is 2.33. The number of para-hydroxylation sites is 1. The van der Waals surface area contributed by atoms with Crippen LogP contribution in [0.2, 0.25) is 0 Å². The summed E-state index contributed by atoms with van der Waals surface area (Å²) in [6, 6.07) is 13.2. The third-order valence-corrected chi connectivity index (χ3v) is 5.70. The highest BCUT2D eigenvalue weighted by Crippen LogP contribution is 2.30. The minimum absolute atomic E-state index is 0. The normalized spacial score (nSPS) is 24.7. The topological polar surface area (TPSA) is 42.7 Å². The zero-order valence-electron chi connectivity index (χ0n) is 14.5. The Morgan fingerprint density at radius 2 is 1.81 bits per heavy atom. The summed E-state index contributed by atoms with van der Waals surface area (Å²) in [5.74, 6) is 0.694. The zero-order valence-corrected chi connectivity index (χ0v) is 15.3. The molecule has 0 N–H and O–H groups in total. The summed E-state index contributed by atoms with van der Waals surface area (Å²) in [7, 11) is 0. The van der Waals surface area contributed by atoms with E-state index < -0.39 is 0 Å². The van der Waals surface area contributed by atoms with Crippen LogP contribution in [0.1, 0.15) is 18.4 Å². The van der Waals surface area contributed by atoms with Crippen molar-refractivity contribution in [1.29, 1.82) is 0 Å². The molecule has 26 heavy (non-hydrogen) atoms. The number of benzene rings is 2. The largest absolute Gasteiger partial charge is 0.456 e. The lowest BCUT2D eigenvalue weighted by Crippen LogP contribution is -2.51. The molecule has 0 radical (unpaired) electrons. The molecule has 136 valence electrons. The number of piperidine rings is 3. The fourth-order valence-corrected chi connectivity index (χ4v) is 4.24. The van der Waals surface area contributed by atoms with Gasteiger partial charge in [0.1, 0.15) is 11.2 Å². The summed E-state index contributed by atoms with van der Waals surface area (Å²) in [6.07, 6.45) is 2.82. The fraction of sp³-hybridized carbons (Fsp3) is 0.381. The van der Waals surface area contributed by atoms with Gasteiger partial charge in [0.15, 0.2) is 0 Å². The van der Waals surface area contributed by atoms with Gasteiger partial charge in [-0.3, -0.25) is 4.79 Å². The number of hydrogen-bond donors (Lipinski definition) is 0. The van der Waals surface area contributed by atoms with Crippen LogP contribution in [0.3, 0.4) is 0 Å². The lowest BCUT2D eigenvalue weighted by Gasteiger charge is -2.44. The highest BCUT2D eigenvalue weighted by molar-refractivity contribution is 5.89. The van der Waals surface area contributed by atoms with E-state index >= 15 is 0 Å². The van der Waals surface area contributed by atoms with E-state index in [1.807, 2.05) is 42.5 Å². The van der Waals surface area contributed by atoms with E-state index in [9.17, 15) is 4.79 Å². The number of nitrogens with zero attached hydrogens (tertiary/aromatic N) is 1. The van der Waals surface area contributed by atoms with E-state index in [-0.39, 0.29) is 17.8 Å². The maximum absolute atomic E-state index is 12.7. The third kappa shape index (κ3) is 3.02. The van der Waals surface area contributed by atoms with Crippen molar-refractivity contribution in [2.45, 2.75) is 25.6 Å². The van der Waals surface area contributed by atoms with E-state index in [0.717, 1.165) is 12.1 Å². The minimum Gasteiger partial charge on any atom is -0.456 e. The van der Waals surface area contributed by atoms with Crippen LogP contribution in [0.25, 0.3) is 21.9 Å². The Balaban J connectivity index is 0.00000168. The zero-order chi connectivity index (χ0) is 16.8. The van der Waals surface area contributed by atoms with Crippen LogP contribution in [0, 0.1) is 5.92 Å². The Hall–Kier alpha value is -1.88. The van der Waals surface area contributed by atoms with E-state index in [1.165, 1.54) is 25.9 Å². The molecule has 0 unspecified atom stereocenters. The number of rotatable bonds is 3. The van der Waals surface area contributed by atoms with Crippen molar-refractivity contribution in [1.82, 2.24) is 4.90 Å². The van der Waals surface area contributed by atoms with Crippen molar-refractivity contribution < 1.29 is 9.15 Å². The van der Waals surface area contributed by atoms with Gasteiger partial charge >= 0.3 is 0 Å². The first-order valence-corrected chi connectivity index (χ1v) is 9.06. The number of fused-ring (bicyclic) bond motifs is 5. The first kappa shape index (κ1) is 17.5. The average Bonchev–Trinajstić information content (AvgIpc) is 2.68. The third-order valence-electron chi connectivity index (χ3n) is 5.70. The van der Waals surface area contributed by atoms with Gasteiger partial charge in [-0.1, -0.05) is 18.2 Å². The standard InChI is InChI=1S/C21H21NO3.ClH/c23-21-16-3-1-2-4-18(16)25-19-6-5-14(11-17(19)21)13-24-20-12-22-9-7-15(20)8-10-22;/h1-6,11,15,20H,7-10,12-13H2;1H/t20-;/m1./s1. The average molecular weight is 372 g/mol. The first-order chi connectivity index (χ1) is 12.3. The second-order valence-corrected chi connectivity index (χ2v) is 7.25. The molecule has 0 aliphatic carbocycles. The van der Waals surface area contributed by atoms with E-state index in [0.29, 0.717) is 40.6 Å². The summed E-state index contributed by atoms with van der Waals surface area (Å²) in [6.45, 7) is 4.03. The molecule has 4 heterocycles. The Kier molecular flexibility index (Phi) is 4.74. The van der Waals surface area contributed by atoms with Crippen LogP contribution in [-0.4, -0.2) is 30.6 Å². The Labute approximate surface area is 158 Å². The number of hydrogen-bond acceptors (Lipinski definition) is 4. The van der Waals surface area contributed by atoms with Crippen molar-refractivity contribution in [3.63, 3.8) is 0 Å². The molecular weight excluding hydrogens is 350 g/mol. The maximum Gasteiger partial charge on any atom is 0.200 e. The van der Waals surface area contributed by atoms with Gasteiger partial charge < -0.3 is 14.1 Å². The Morgan fingerprint density at radius 1 is 1.04 bits per heavy atom. The highest BCUT2D eigenvalue weighted by atomic mass is 35.5. The molecule has 3 aliphatic heterocycles. The van der Waals surface area contributed by atoms with E-state index in [1.54, 1.807) is 0 Å². The van der Waals surface area contributed by atoms with Crippen molar-refractivity contribution in [3.8, 4) is 0 Å². The Morgan fingerprint density at radius 3 is 2.58 bits per heavy atom. The molecule has 0 amide bonds. The fourth-order valence-electron chi connectivity index (χ4n) is 4.24. The molecule has 0 saturated carbocycles. The van der Waals surface area contributed by atoms with Crippen LogP contribution < -0.4 is 5.43 Å². The Bertz CT molecular complexity index is 991. The molecule has 3 fully saturated rings. The van der Waals surface area contributed by atoms with Crippen LogP contribution in [0.5, 0.6) is 0 Å². The number of ether oxygens (including phenoxy) is 1. The molecule has 3 saturated heterocycles. The van der Waals surface area contributed by atoms with Gasteiger partial charge in [-0.05, 0) is 61.7 Å². The van der Waals surface area contributed by atoms with Crippen LogP contribution in [-0.2, 0) is 11.3 Å². The molecular formula is C21H22ClNO3. The van der Waals surface area contributed by atoms with E-state index in [2.05, 4.69) is 4.90 Å². The van der Waals surface area contributed by atoms with Gasteiger partial charge in [0.2, 0.25) is 5.43 Å². The van der Waals surface area contributed by atoms with Crippen LogP contribution in [0.15, 0.2) is 51.7 Å². The van der Waals surface area contributed by atoms with Gasteiger partial charge in [-0.2, -0.15) is 0 Å². The SMILES string of the molecule is Cl.O=c1c2ccccc2oc2ccc(CO[C@@H]3CN4CCC3CC4)cc12. The van der Waals surface area contributed by atoms with Gasteiger partial charge in [0, 0.05) is 6.54 Å². The molecule has 6 rings (SSSR count). The van der Waals surface area contributed by atoms with E-state index in [4.69, 9.17) is 9.15 Å². The molecule has 0 spiro atoms. The smallest absolute Gasteiger partial charge is 0.200 e. The van der Waals surface area contributed by atoms with Gasteiger partial charge in [-0.15, -0.1) is 12.4 Å². The molecule has 5 heteroatoms. The summed E-state index contributed by atoms with van der Waals surface area (Å²) in [5, 5.41) is 1.26. The van der Waals surface area contributed by atoms with Gasteiger partial charge in [0.25, 0.3) is 0 Å². The molecule has 1 atom stereocenters. The second-order valence-electron chi connectivity index (χ2n) is 7.25. The van der Waals surface area contributed by atoms with Crippen molar-refractivity contribution >= 4 is 34.3 Å². The summed E-state index contributed by atoms with van der Waals surface area (Å²) < 4.78 is 12.1. The van der Waals surface area contributed by atoms with Crippen molar-refractivity contribution in [2.24, 2.45) is 5.92 Å². The molecule has 4 nitrogen and oxygen atoms in total. The maximum atomic E-state index is 12.7. The highest BCUT2D eigenvalue weighted by Gasteiger charge is 2.34. The lowest BCUT2D eigenvalue weighted by molar-refractivity contribution is -0.0765. The predicted molar refractivity (Wildman–Crippen MR) is 105 cm³/mol. The first-order valence-electron chi connectivity index (χ1n) is 9.06. The number of halogens is 1. The predicted octanol–water partition coefficient (Wildman–Crippen LogP) is 3.98. The monoisotopic (exact) mass is 371 g/mol. The van der Waals surface area contributed by atoms with Crippen molar-refractivity contribution in [3.05, 3.63) is 58.3 Å². The molecule has 2 bridgehead atoms. The second kappa shape index (κ2) is 7.03. The minimum atomic E-state index is 0. The van der Waals surface area contributed by atoms with Gasteiger partial charge in [0.05, 0.1) is 23.5 Å². The molecule has 1 aromatic heterocycles. The quantitative estimate of drug-likeness (QED) is 0.653. The lowest BCUT2D eigenvalue weighted by atomic mass is 9.86. The van der Waals surface area contributed by atoms with Gasteiger partial charge in [-0.25, -0.2) is 0 Å². The van der Waals surface area contributed by atoms with Crippen LogP contribution >= 0.6 is 12.4 Å². The molecule has 3 aliphatic rings. The summed E-state index contributed by atoms with van der Waals surface area (Å²) in [4.78, 5) is 15.2. The molecule has 2 aromatic carbocycles. The van der Waals surface area contributed by atoms with Crippen molar-refractivity contribution in [2.75, 3.05) is 19.6 Å². The van der Waals surface area contributed by atoms with Crippen LogP contribution in [0.4, 0.5) is 0 Å². The summed E-state index contributed by atoms with van der Waals surface area (Å²) >= 11 is 0. The molecule has 3 aromatic rings.